The number of fused-ring (bicyclic) bond motifs is 1. The second-order valence-corrected chi connectivity index (χ2v) is 6.65. The number of ether oxygens (including phenoxy) is 1. The van der Waals surface area contributed by atoms with E-state index in [0.29, 0.717) is 19.1 Å². The van der Waals surface area contributed by atoms with Crippen molar-refractivity contribution in [3.8, 4) is 0 Å². The van der Waals surface area contributed by atoms with Gasteiger partial charge in [-0.2, -0.15) is 0 Å². The minimum absolute atomic E-state index is 0.248. The zero-order valence-corrected chi connectivity index (χ0v) is 14.1. The van der Waals surface area contributed by atoms with E-state index in [9.17, 15) is 4.79 Å². The molecule has 0 spiro atoms. The molecule has 1 amide bonds. The van der Waals surface area contributed by atoms with E-state index in [4.69, 9.17) is 4.74 Å². The molecular weight excluding hydrogens is 278 g/mol. The molecule has 1 N–H and O–H groups in total. The molecule has 0 saturated heterocycles. The number of likely N-dealkylation sites (N-methyl/N-ethyl adjacent to an activating group) is 1. The van der Waals surface area contributed by atoms with Gasteiger partial charge in [0.15, 0.2) is 0 Å². The van der Waals surface area contributed by atoms with Gasteiger partial charge in [0.05, 0.1) is 11.7 Å². The fourth-order valence-electron chi connectivity index (χ4n) is 2.69. The Morgan fingerprint density at radius 3 is 2.95 bits per heavy atom. The smallest absolute Gasteiger partial charge is 0.410 e. The van der Waals surface area contributed by atoms with Crippen LogP contribution < -0.4 is 5.32 Å². The number of nitrogens with one attached hydrogen (secondary N) is 1. The number of aromatic nitrogens is 1. The third-order valence-corrected chi connectivity index (χ3v) is 3.76. The molecule has 0 aliphatic heterocycles. The van der Waals surface area contributed by atoms with Gasteiger partial charge in [0.1, 0.15) is 5.60 Å². The number of pyridine rings is 1. The topological polar surface area (TPSA) is 54.5 Å². The molecule has 5 nitrogen and oxygen atoms in total. The van der Waals surface area contributed by atoms with E-state index in [-0.39, 0.29) is 6.09 Å². The molecular formula is C17H27N3O2. The van der Waals surface area contributed by atoms with E-state index in [1.807, 2.05) is 40.0 Å². The lowest BCUT2D eigenvalue weighted by molar-refractivity contribution is 0.0261. The molecule has 0 aromatic carbocycles. The molecule has 1 heterocycles. The van der Waals surface area contributed by atoms with Gasteiger partial charge in [-0.05, 0) is 52.2 Å². The highest BCUT2D eigenvalue weighted by Crippen LogP contribution is 2.28. The average molecular weight is 305 g/mol. The predicted molar refractivity (Wildman–Crippen MR) is 86.8 cm³/mol. The van der Waals surface area contributed by atoms with Crippen LogP contribution >= 0.6 is 0 Å². The molecule has 0 radical (unpaired) electrons. The number of hydrogen-bond acceptors (Lipinski definition) is 4. The third-order valence-electron chi connectivity index (χ3n) is 3.76. The van der Waals surface area contributed by atoms with Crippen LogP contribution in [0.25, 0.3) is 0 Å². The Labute approximate surface area is 133 Å². The van der Waals surface area contributed by atoms with Gasteiger partial charge < -0.3 is 15.0 Å². The van der Waals surface area contributed by atoms with Crippen LogP contribution in [0, 0.1) is 0 Å². The van der Waals surface area contributed by atoms with E-state index in [1.165, 1.54) is 5.56 Å². The van der Waals surface area contributed by atoms with E-state index in [0.717, 1.165) is 25.1 Å². The first-order valence-electron chi connectivity index (χ1n) is 8.06. The van der Waals surface area contributed by atoms with Crippen molar-refractivity contribution in [2.45, 2.75) is 52.2 Å². The SMILES string of the molecule is CCN(CCNC1CCc2cccnc21)C(=O)OC(C)(C)C. The molecule has 122 valence electrons. The number of aryl methyl sites for hydroxylation is 1. The van der Waals surface area contributed by atoms with Crippen LogP contribution in [0.1, 0.15) is 51.4 Å². The van der Waals surface area contributed by atoms with E-state index >= 15 is 0 Å². The summed E-state index contributed by atoms with van der Waals surface area (Å²) in [7, 11) is 0. The molecule has 1 aromatic heterocycles. The Morgan fingerprint density at radius 2 is 2.27 bits per heavy atom. The number of carbonyl (C=O) groups is 1. The van der Waals surface area contributed by atoms with Gasteiger partial charge in [-0.25, -0.2) is 4.79 Å². The highest BCUT2D eigenvalue weighted by Gasteiger charge is 2.24. The van der Waals surface area contributed by atoms with E-state index in [2.05, 4.69) is 16.4 Å². The minimum atomic E-state index is -0.452. The van der Waals surface area contributed by atoms with Crippen molar-refractivity contribution in [1.29, 1.82) is 0 Å². The summed E-state index contributed by atoms with van der Waals surface area (Å²) in [4.78, 5) is 18.3. The zero-order valence-electron chi connectivity index (χ0n) is 14.1. The monoisotopic (exact) mass is 305 g/mol. The number of hydrogen-bond donors (Lipinski definition) is 1. The normalized spacial score (nSPS) is 17.2. The Kier molecular flexibility index (Phi) is 5.40. The summed E-state index contributed by atoms with van der Waals surface area (Å²) in [5.74, 6) is 0. The number of amides is 1. The first-order valence-corrected chi connectivity index (χ1v) is 8.06. The van der Waals surface area contributed by atoms with E-state index < -0.39 is 5.60 Å². The summed E-state index contributed by atoms with van der Waals surface area (Å²) < 4.78 is 5.42. The van der Waals surface area contributed by atoms with Crippen molar-refractivity contribution < 1.29 is 9.53 Å². The molecule has 1 atom stereocenters. The van der Waals surface area contributed by atoms with Crippen molar-refractivity contribution >= 4 is 6.09 Å². The van der Waals surface area contributed by atoms with Crippen molar-refractivity contribution in [2.75, 3.05) is 19.6 Å². The fraction of sp³-hybridized carbons (Fsp3) is 0.647. The van der Waals surface area contributed by atoms with Gasteiger partial charge in [-0.15, -0.1) is 0 Å². The van der Waals surface area contributed by atoms with E-state index in [1.54, 1.807) is 4.90 Å². The first kappa shape index (κ1) is 16.7. The molecule has 5 heteroatoms. The highest BCUT2D eigenvalue weighted by molar-refractivity contribution is 5.68. The van der Waals surface area contributed by atoms with Crippen LogP contribution in [0.2, 0.25) is 0 Å². The zero-order chi connectivity index (χ0) is 16.2. The summed E-state index contributed by atoms with van der Waals surface area (Å²) in [6.45, 7) is 9.67. The molecule has 22 heavy (non-hydrogen) atoms. The minimum Gasteiger partial charge on any atom is -0.444 e. The van der Waals surface area contributed by atoms with Gasteiger partial charge in [0.25, 0.3) is 0 Å². The molecule has 2 rings (SSSR count). The average Bonchev–Trinajstić information content (AvgIpc) is 2.85. The Morgan fingerprint density at radius 1 is 1.50 bits per heavy atom. The summed E-state index contributed by atoms with van der Waals surface area (Å²) >= 11 is 0. The maximum atomic E-state index is 12.1. The standard InChI is InChI=1S/C17H27N3O2/c1-5-20(16(21)22-17(2,3)4)12-11-18-14-9-8-13-7-6-10-19-15(13)14/h6-7,10,14,18H,5,8-9,11-12H2,1-4H3. The highest BCUT2D eigenvalue weighted by atomic mass is 16.6. The molecule has 1 aliphatic carbocycles. The van der Waals surface area contributed by atoms with Gasteiger partial charge in [-0.1, -0.05) is 6.07 Å². The number of nitrogens with zero attached hydrogens (tertiary/aromatic N) is 2. The molecule has 1 aliphatic rings. The predicted octanol–water partition coefficient (Wildman–Crippen LogP) is 2.92. The van der Waals surface area contributed by atoms with Gasteiger partial charge in [0, 0.05) is 25.8 Å². The van der Waals surface area contributed by atoms with Gasteiger partial charge in [0.2, 0.25) is 0 Å². The van der Waals surface area contributed by atoms with Crippen LogP contribution in [-0.2, 0) is 11.2 Å². The number of carbonyl (C=O) groups excluding carboxylic acids is 1. The first-order chi connectivity index (χ1) is 10.4. The van der Waals surface area contributed by atoms with Crippen molar-refractivity contribution in [3.05, 3.63) is 29.6 Å². The van der Waals surface area contributed by atoms with Crippen LogP contribution in [0.15, 0.2) is 18.3 Å². The molecule has 0 fully saturated rings. The Bertz CT molecular complexity index is 511. The summed E-state index contributed by atoms with van der Waals surface area (Å²) in [6, 6.07) is 4.43. The quantitative estimate of drug-likeness (QED) is 0.909. The third kappa shape index (κ3) is 4.44. The second kappa shape index (κ2) is 7.09. The summed E-state index contributed by atoms with van der Waals surface area (Å²) in [6.07, 6.45) is 3.74. The molecule has 1 unspecified atom stereocenters. The lowest BCUT2D eigenvalue weighted by Crippen LogP contribution is -2.40. The van der Waals surface area contributed by atoms with Gasteiger partial charge in [-0.3, -0.25) is 4.98 Å². The maximum Gasteiger partial charge on any atom is 0.410 e. The van der Waals surface area contributed by atoms with Crippen LogP contribution in [-0.4, -0.2) is 41.2 Å². The largest absolute Gasteiger partial charge is 0.444 e. The fourth-order valence-corrected chi connectivity index (χ4v) is 2.69. The van der Waals surface area contributed by atoms with Crippen molar-refractivity contribution in [2.24, 2.45) is 0 Å². The summed E-state index contributed by atoms with van der Waals surface area (Å²) in [5.41, 5.74) is 2.04. The number of rotatable bonds is 5. The lowest BCUT2D eigenvalue weighted by Gasteiger charge is -2.27. The summed E-state index contributed by atoms with van der Waals surface area (Å²) in [5, 5.41) is 3.51. The van der Waals surface area contributed by atoms with Crippen LogP contribution in [0.4, 0.5) is 4.79 Å². The van der Waals surface area contributed by atoms with Crippen molar-refractivity contribution in [3.63, 3.8) is 0 Å². The second-order valence-electron chi connectivity index (χ2n) is 6.65. The Balaban J connectivity index is 1.81. The maximum absolute atomic E-state index is 12.1. The van der Waals surface area contributed by atoms with Gasteiger partial charge >= 0.3 is 6.09 Å². The Hall–Kier alpha value is -1.62. The molecule has 1 aromatic rings. The van der Waals surface area contributed by atoms with Crippen LogP contribution in [0.5, 0.6) is 0 Å². The molecule has 0 bridgehead atoms. The lowest BCUT2D eigenvalue weighted by atomic mass is 10.2. The molecule has 0 saturated carbocycles. The van der Waals surface area contributed by atoms with Crippen molar-refractivity contribution in [1.82, 2.24) is 15.2 Å². The van der Waals surface area contributed by atoms with Crippen LogP contribution in [0.3, 0.4) is 0 Å².